The molecule has 0 spiro atoms. The zero-order valence-electron chi connectivity index (χ0n) is 14.0. The highest BCUT2D eigenvalue weighted by Crippen LogP contribution is 2.29. The smallest absolute Gasteiger partial charge is 0.319 e. The number of urea groups is 1. The van der Waals surface area contributed by atoms with E-state index in [-0.39, 0.29) is 11.9 Å². The second-order valence-electron chi connectivity index (χ2n) is 5.64. The maximum absolute atomic E-state index is 12.9. The van der Waals surface area contributed by atoms with Crippen molar-refractivity contribution in [3.05, 3.63) is 71.4 Å². The van der Waals surface area contributed by atoms with Crippen LogP contribution in [0.5, 0.6) is 5.75 Å². The van der Waals surface area contributed by atoms with Gasteiger partial charge in [-0.05, 0) is 24.6 Å². The molecule has 6 heteroatoms. The molecule has 0 bridgehead atoms. The van der Waals surface area contributed by atoms with Gasteiger partial charge in [0.2, 0.25) is 0 Å². The standard InChI is InChI=1S/C19H19N3O3/c1-12-16(18(23)21-14-10-6-7-11-15(14)25-2)17(22-19(24)20-12)13-8-4-3-5-9-13/h3-11,17H,1-2H3,(H,21,23)(H2,20,22,24). The maximum atomic E-state index is 12.9. The number of amides is 3. The van der Waals surface area contributed by atoms with E-state index in [0.29, 0.717) is 22.7 Å². The summed E-state index contributed by atoms with van der Waals surface area (Å²) in [7, 11) is 1.55. The number of allylic oxidation sites excluding steroid dienone is 1. The summed E-state index contributed by atoms with van der Waals surface area (Å²) in [5.41, 5.74) is 2.38. The molecule has 2 aromatic rings. The van der Waals surface area contributed by atoms with E-state index in [1.54, 1.807) is 26.2 Å². The lowest BCUT2D eigenvalue weighted by Gasteiger charge is -2.28. The van der Waals surface area contributed by atoms with Gasteiger partial charge in [-0.15, -0.1) is 0 Å². The first-order valence-corrected chi connectivity index (χ1v) is 7.87. The van der Waals surface area contributed by atoms with Gasteiger partial charge in [0.15, 0.2) is 0 Å². The first-order chi connectivity index (χ1) is 12.1. The van der Waals surface area contributed by atoms with E-state index < -0.39 is 6.04 Å². The molecule has 0 saturated carbocycles. The second kappa shape index (κ2) is 7.09. The van der Waals surface area contributed by atoms with Gasteiger partial charge in [0, 0.05) is 5.70 Å². The Kier molecular flexibility index (Phi) is 4.70. The molecule has 0 aliphatic carbocycles. The Bertz CT molecular complexity index is 831. The monoisotopic (exact) mass is 337 g/mol. The van der Waals surface area contributed by atoms with Crippen molar-refractivity contribution in [1.82, 2.24) is 10.6 Å². The lowest BCUT2D eigenvalue weighted by molar-refractivity contribution is -0.113. The summed E-state index contributed by atoms with van der Waals surface area (Å²) >= 11 is 0. The van der Waals surface area contributed by atoms with Crippen LogP contribution in [0, 0.1) is 0 Å². The van der Waals surface area contributed by atoms with Crippen LogP contribution >= 0.6 is 0 Å². The van der Waals surface area contributed by atoms with Crippen LogP contribution in [-0.2, 0) is 4.79 Å². The minimum absolute atomic E-state index is 0.302. The molecule has 3 N–H and O–H groups in total. The molecule has 1 aliphatic heterocycles. The molecule has 25 heavy (non-hydrogen) atoms. The summed E-state index contributed by atoms with van der Waals surface area (Å²) in [5.74, 6) is 0.265. The largest absolute Gasteiger partial charge is 0.495 e. The van der Waals surface area contributed by atoms with Crippen LogP contribution in [0.2, 0.25) is 0 Å². The maximum Gasteiger partial charge on any atom is 0.319 e. The van der Waals surface area contributed by atoms with Crippen molar-refractivity contribution in [2.75, 3.05) is 12.4 Å². The molecule has 0 saturated heterocycles. The third kappa shape index (κ3) is 3.47. The fourth-order valence-corrected chi connectivity index (χ4v) is 2.83. The van der Waals surface area contributed by atoms with Crippen molar-refractivity contribution in [3.8, 4) is 5.75 Å². The Morgan fingerprint density at radius 3 is 2.48 bits per heavy atom. The van der Waals surface area contributed by atoms with Gasteiger partial charge in [-0.3, -0.25) is 4.79 Å². The van der Waals surface area contributed by atoms with Gasteiger partial charge in [-0.2, -0.15) is 0 Å². The zero-order chi connectivity index (χ0) is 17.8. The minimum Gasteiger partial charge on any atom is -0.495 e. The van der Waals surface area contributed by atoms with Gasteiger partial charge in [0.25, 0.3) is 5.91 Å². The molecule has 0 fully saturated rings. The summed E-state index contributed by atoms with van der Waals surface area (Å²) in [4.78, 5) is 24.8. The molecule has 3 amide bonds. The van der Waals surface area contributed by atoms with E-state index >= 15 is 0 Å². The van der Waals surface area contributed by atoms with Crippen LogP contribution in [0.1, 0.15) is 18.5 Å². The molecule has 1 aliphatic rings. The number of rotatable bonds is 4. The number of benzene rings is 2. The zero-order valence-corrected chi connectivity index (χ0v) is 14.0. The van der Waals surface area contributed by atoms with E-state index in [1.165, 1.54) is 0 Å². The minimum atomic E-state index is -0.523. The van der Waals surface area contributed by atoms with Gasteiger partial charge in [0.1, 0.15) is 5.75 Å². The van der Waals surface area contributed by atoms with Crippen molar-refractivity contribution in [2.45, 2.75) is 13.0 Å². The van der Waals surface area contributed by atoms with Crippen LogP contribution in [-0.4, -0.2) is 19.0 Å². The number of ether oxygens (including phenoxy) is 1. The third-order valence-corrected chi connectivity index (χ3v) is 4.00. The van der Waals surface area contributed by atoms with Gasteiger partial charge in [0.05, 0.1) is 24.4 Å². The molecule has 2 aromatic carbocycles. The van der Waals surface area contributed by atoms with Gasteiger partial charge in [-0.25, -0.2) is 4.79 Å². The second-order valence-corrected chi connectivity index (χ2v) is 5.64. The Labute approximate surface area is 145 Å². The van der Waals surface area contributed by atoms with Crippen molar-refractivity contribution >= 4 is 17.6 Å². The SMILES string of the molecule is COc1ccccc1NC(=O)C1=C(C)NC(=O)NC1c1ccccc1. The number of carbonyl (C=O) groups excluding carboxylic acids is 2. The van der Waals surface area contributed by atoms with Crippen molar-refractivity contribution in [3.63, 3.8) is 0 Å². The third-order valence-electron chi connectivity index (χ3n) is 4.00. The van der Waals surface area contributed by atoms with E-state index in [2.05, 4.69) is 16.0 Å². The van der Waals surface area contributed by atoms with Crippen molar-refractivity contribution in [2.24, 2.45) is 0 Å². The molecular weight excluding hydrogens is 318 g/mol. The molecule has 1 atom stereocenters. The number of hydrogen-bond acceptors (Lipinski definition) is 3. The summed E-state index contributed by atoms with van der Waals surface area (Å²) in [6.07, 6.45) is 0. The highest BCUT2D eigenvalue weighted by Gasteiger charge is 2.31. The van der Waals surface area contributed by atoms with E-state index in [9.17, 15) is 9.59 Å². The fourth-order valence-electron chi connectivity index (χ4n) is 2.83. The first kappa shape index (κ1) is 16.6. The van der Waals surface area contributed by atoms with Gasteiger partial charge in [-0.1, -0.05) is 42.5 Å². The average molecular weight is 337 g/mol. The highest BCUT2D eigenvalue weighted by atomic mass is 16.5. The summed E-state index contributed by atoms with van der Waals surface area (Å²) in [5, 5.41) is 8.33. The van der Waals surface area contributed by atoms with E-state index in [4.69, 9.17) is 4.74 Å². The highest BCUT2D eigenvalue weighted by molar-refractivity contribution is 6.07. The Hall–Kier alpha value is -3.28. The number of anilines is 1. The number of methoxy groups -OCH3 is 1. The molecule has 1 unspecified atom stereocenters. The van der Waals surface area contributed by atoms with E-state index in [1.807, 2.05) is 42.5 Å². The van der Waals surface area contributed by atoms with Crippen LogP contribution < -0.4 is 20.7 Å². The lowest BCUT2D eigenvalue weighted by Crippen LogP contribution is -2.45. The fraction of sp³-hybridized carbons (Fsp3) is 0.158. The van der Waals surface area contributed by atoms with Crippen LogP contribution in [0.4, 0.5) is 10.5 Å². The Morgan fingerprint density at radius 1 is 1.08 bits per heavy atom. The predicted octanol–water partition coefficient (Wildman–Crippen LogP) is 2.96. The van der Waals surface area contributed by atoms with Crippen LogP contribution in [0.15, 0.2) is 65.9 Å². The topological polar surface area (TPSA) is 79.5 Å². The Balaban J connectivity index is 1.95. The summed E-state index contributed by atoms with van der Waals surface area (Å²) in [6.45, 7) is 1.71. The molecule has 128 valence electrons. The first-order valence-electron chi connectivity index (χ1n) is 7.87. The number of carbonyl (C=O) groups is 2. The van der Waals surface area contributed by atoms with Gasteiger partial charge < -0.3 is 20.7 Å². The Morgan fingerprint density at radius 2 is 1.76 bits per heavy atom. The lowest BCUT2D eigenvalue weighted by atomic mass is 9.95. The molecule has 0 aromatic heterocycles. The predicted molar refractivity (Wildman–Crippen MR) is 95.2 cm³/mol. The average Bonchev–Trinajstić information content (AvgIpc) is 2.62. The summed E-state index contributed by atoms with van der Waals surface area (Å²) in [6, 6.07) is 15.7. The van der Waals surface area contributed by atoms with Crippen molar-refractivity contribution < 1.29 is 14.3 Å². The normalized spacial score (nSPS) is 16.7. The molecule has 3 rings (SSSR count). The number of nitrogens with one attached hydrogen (secondary N) is 3. The molecular formula is C19H19N3O3. The molecule has 1 heterocycles. The molecule has 0 radical (unpaired) electrons. The molecule has 6 nitrogen and oxygen atoms in total. The van der Waals surface area contributed by atoms with Crippen LogP contribution in [0.25, 0.3) is 0 Å². The number of para-hydroxylation sites is 2. The summed E-state index contributed by atoms with van der Waals surface area (Å²) < 4.78 is 5.27. The van der Waals surface area contributed by atoms with Crippen LogP contribution in [0.3, 0.4) is 0 Å². The number of hydrogen-bond donors (Lipinski definition) is 3. The quantitative estimate of drug-likeness (QED) is 0.802. The van der Waals surface area contributed by atoms with Crippen molar-refractivity contribution in [1.29, 1.82) is 0 Å². The van der Waals surface area contributed by atoms with E-state index in [0.717, 1.165) is 5.56 Å². The van der Waals surface area contributed by atoms with Gasteiger partial charge >= 0.3 is 6.03 Å².